The van der Waals surface area contributed by atoms with Crippen LogP contribution in [0.5, 0.6) is 0 Å². The van der Waals surface area contributed by atoms with Crippen LogP contribution in [0.4, 0.5) is 5.82 Å². The number of rotatable bonds is 7. The molecule has 0 spiro atoms. The van der Waals surface area contributed by atoms with Gasteiger partial charge in [-0.2, -0.15) is 4.31 Å². The maximum atomic E-state index is 13.1. The third kappa shape index (κ3) is 5.64. The number of hydrogen-bond acceptors (Lipinski definition) is 5. The highest BCUT2D eigenvalue weighted by molar-refractivity contribution is 7.89. The van der Waals surface area contributed by atoms with Crippen molar-refractivity contribution in [1.82, 2.24) is 9.46 Å². The Hall–Kier alpha value is -2.19. The molecule has 0 fully saturated rings. The molecule has 0 saturated carbocycles. The zero-order chi connectivity index (χ0) is 20.2. The van der Waals surface area contributed by atoms with Crippen LogP contribution in [0.2, 0.25) is 0 Å². The SMILES string of the molecule is CC(C)CN(CC(=O)Nc1ccon1)S(=O)(=O)c1ccc(C(C)(C)C)cc1. The molecule has 0 saturated heterocycles. The Balaban J connectivity index is 2.24. The minimum atomic E-state index is -3.80. The maximum absolute atomic E-state index is 13.1. The lowest BCUT2D eigenvalue weighted by Gasteiger charge is -2.24. The topological polar surface area (TPSA) is 92.5 Å². The van der Waals surface area contributed by atoms with Crippen LogP contribution in [0.15, 0.2) is 46.0 Å². The van der Waals surface area contributed by atoms with Crippen LogP contribution >= 0.6 is 0 Å². The fourth-order valence-corrected chi connectivity index (χ4v) is 4.11. The number of benzene rings is 1. The fraction of sp³-hybridized carbons (Fsp3) is 0.474. The molecule has 7 nitrogen and oxygen atoms in total. The largest absolute Gasteiger partial charge is 0.363 e. The highest BCUT2D eigenvalue weighted by Gasteiger charge is 2.28. The number of aromatic nitrogens is 1. The van der Waals surface area contributed by atoms with E-state index < -0.39 is 15.9 Å². The predicted octanol–water partition coefficient (Wildman–Crippen LogP) is 3.26. The van der Waals surface area contributed by atoms with E-state index in [0.29, 0.717) is 0 Å². The number of nitrogens with one attached hydrogen (secondary N) is 1. The normalized spacial score (nSPS) is 12.6. The first kappa shape index (κ1) is 21.1. The zero-order valence-corrected chi connectivity index (χ0v) is 17.2. The molecular formula is C19H27N3O4S. The molecular weight excluding hydrogens is 366 g/mol. The Morgan fingerprint density at radius 3 is 2.30 bits per heavy atom. The van der Waals surface area contributed by atoms with E-state index >= 15 is 0 Å². The first-order valence-corrected chi connectivity index (χ1v) is 10.2. The Labute approximate surface area is 160 Å². The Morgan fingerprint density at radius 1 is 1.19 bits per heavy atom. The molecule has 1 aromatic heterocycles. The molecule has 0 aliphatic carbocycles. The summed E-state index contributed by atoms with van der Waals surface area (Å²) in [5.41, 5.74) is 0.970. The highest BCUT2D eigenvalue weighted by Crippen LogP contribution is 2.25. The van der Waals surface area contributed by atoms with E-state index in [2.05, 4.69) is 35.8 Å². The fourth-order valence-electron chi connectivity index (χ4n) is 2.55. The van der Waals surface area contributed by atoms with E-state index in [0.717, 1.165) is 5.56 Å². The lowest BCUT2D eigenvalue weighted by Crippen LogP contribution is -2.40. The van der Waals surface area contributed by atoms with E-state index in [1.807, 2.05) is 26.0 Å². The summed E-state index contributed by atoms with van der Waals surface area (Å²) in [4.78, 5) is 12.4. The lowest BCUT2D eigenvalue weighted by atomic mass is 9.87. The predicted molar refractivity (Wildman–Crippen MR) is 104 cm³/mol. The zero-order valence-electron chi connectivity index (χ0n) is 16.4. The Kier molecular flexibility index (Phi) is 6.43. The molecule has 2 rings (SSSR count). The van der Waals surface area contributed by atoms with Crippen LogP contribution < -0.4 is 5.32 Å². The Bertz CT molecular complexity index is 851. The number of hydrogen-bond donors (Lipinski definition) is 1. The number of carbonyl (C=O) groups excluding carboxylic acids is 1. The van der Waals surface area contributed by atoms with Crippen molar-refractivity contribution < 1.29 is 17.7 Å². The first-order valence-electron chi connectivity index (χ1n) is 8.81. The van der Waals surface area contributed by atoms with Gasteiger partial charge in [-0.15, -0.1) is 0 Å². The van der Waals surface area contributed by atoms with Gasteiger partial charge in [-0.25, -0.2) is 8.42 Å². The summed E-state index contributed by atoms with van der Waals surface area (Å²) < 4.78 is 32.0. The summed E-state index contributed by atoms with van der Waals surface area (Å²) in [5.74, 6) is -0.163. The van der Waals surface area contributed by atoms with Crippen molar-refractivity contribution >= 4 is 21.7 Å². The van der Waals surface area contributed by atoms with Crippen molar-refractivity contribution in [1.29, 1.82) is 0 Å². The van der Waals surface area contributed by atoms with Crippen molar-refractivity contribution in [3.63, 3.8) is 0 Å². The summed E-state index contributed by atoms with van der Waals surface area (Å²) in [6, 6.07) is 8.31. The quantitative estimate of drug-likeness (QED) is 0.779. The van der Waals surface area contributed by atoms with Gasteiger partial charge in [0.25, 0.3) is 0 Å². The minimum Gasteiger partial charge on any atom is -0.363 e. The second-order valence-corrected chi connectivity index (χ2v) is 9.84. The lowest BCUT2D eigenvalue weighted by molar-refractivity contribution is -0.116. The first-order chi connectivity index (χ1) is 12.5. The second-order valence-electron chi connectivity index (χ2n) is 7.90. The van der Waals surface area contributed by atoms with Crippen LogP contribution in [-0.2, 0) is 20.2 Å². The van der Waals surface area contributed by atoms with Gasteiger partial charge < -0.3 is 9.84 Å². The molecule has 148 valence electrons. The molecule has 0 radical (unpaired) electrons. The maximum Gasteiger partial charge on any atom is 0.243 e. The van der Waals surface area contributed by atoms with Crippen molar-refractivity contribution in [3.05, 3.63) is 42.2 Å². The summed E-state index contributed by atoms with van der Waals surface area (Å²) in [7, 11) is -3.80. The molecule has 0 bridgehead atoms. The number of nitrogens with zero attached hydrogens (tertiary/aromatic N) is 2. The minimum absolute atomic E-state index is 0.0634. The molecule has 0 aliphatic heterocycles. The molecule has 27 heavy (non-hydrogen) atoms. The second kappa shape index (κ2) is 8.22. The summed E-state index contributed by atoms with van der Waals surface area (Å²) >= 11 is 0. The van der Waals surface area contributed by atoms with Gasteiger partial charge in [-0.1, -0.05) is 51.9 Å². The van der Waals surface area contributed by atoms with Gasteiger partial charge in [0.05, 0.1) is 11.4 Å². The van der Waals surface area contributed by atoms with E-state index in [4.69, 9.17) is 0 Å². The monoisotopic (exact) mass is 393 g/mol. The molecule has 1 N–H and O–H groups in total. The molecule has 1 amide bonds. The molecule has 1 aromatic carbocycles. The van der Waals surface area contributed by atoms with E-state index in [1.165, 1.54) is 16.6 Å². The number of anilines is 1. The molecule has 8 heteroatoms. The van der Waals surface area contributed by atoms with Crippen molar-refractivity contribution in [2.24, 2.45) is 5.92 Å². The summed E-state index contributed by atoms with van der Waals surface area (Å²) in [6.07, 6.45) is 1.33. The van der Waals surface area contributed by atoms with Crippen molar-refractivity contribution in [3.8, 4) is 0 Å². The van der Waals surface area contributed by atoms with Gasteiger partial charge in [0.15, 0.2) is 5.82 Å². The van der Waals surface area contributed by atoms with Gasteiger partial charge in [-0.05, 0) is 29.0 Å². The van der Waals surface area contributed by atoms with E-state index in [-0.39, 0.29) is 35.1 Å². The average molecular weight is 394 g/mol. The third-order valence-electron chi connectivity index (χ3n) is 3.95. The van der Waals surface area contributed by atoms with Crippen LogP contribution in [0, 0.1) is 5.92 Å². The number of amides is 1. The van der Waals surface area contributed by atoms with E-state index in [9.17, 15) is 13.2 Å². The van der Waals surface area contributed by atoms with Crippen LogP contribution in [0.1, 0.15) is 40.2 Å². The van der Waals surface area contributed by atoms with Crippen LogP contribution in [0.3, 0.4) is 0 Å². The van der Waals surface area contributed by atoms with Crippen molar-refractivity contribution in [2.75, 3.05) is 18.4 Å². The van der Waals surface area contributed by atoms with Crippen LogP contribution in [0.25, 0.3) is 0 Å². The van der Waals surface area contributed by atoms with E-state index in [1.54, 1.807) is 12.1 Å². The molecule has 0 aliphatic rings. The van der Waals surface area contributed by atoms with Crippen molar-refractivity contribution in [2.45, 2.75) is 44.9 Å². The van der Waals surface area contributed by atoms with Gasteiger partial charge in [-0.3, -0.25) is 4.79 Å². The van der Waals surface area contributed by atoms with Gasteiger partial charge in [0.1, 0.15) is 6.26 Å². The highest BCUT2D eigenvalue weighted by atomic mass is 32.2. The summed E-state index contributed by atoms with van der Waals surface area (Å²) in [5, 5.41) is 6.13. The van der Waals surface area contributed by atoms with Crippen LogP contribution in [-0.4, -0.2) is 36.9 Å². The smallest absolute Gasteiger partial charge is 0.243 e. The van der Waals surface area contributed by atoms with Gasteiger partial charge in [0, 0.05) is 12.6 Å². The molecule has 1 heterocycles. The van der Waals surface area contributed by atoms with Gasteiger partial charge >= 0.3 is 0 Å². The standard InChI is InChI=1S/C19H27N3O4S/c1-14(2)12-22(13-18(23)20-17-10-11-26-21-17)27(24,25)16-8-6-15(7-9-16)19(3,4)5/h6-11,14H,12-13H2,1-5H3,(H,20,21,23). The molecule has 2 aromatic rings. The average Bonchev–Trinajstić information content (AvgIpc) is 3.06. The number of carbonyl (C=O) groups is 1. The van der Waals surface area contributed by atoms with Gasteiger partial charge in [0.2, 0.25) is 15.9 Å². The molecule has 0 atom stereocenters. The summed E-state index contributed by atoms with van der Waals surface area (Å²) in [6.45, 7) is 9.94. The number of sulfonamides is 1. The third-order valence-corrected chi connectivity index (χ3v) is 5.78. The Morgan fingerprint density at radius 2 is 1.81 bits per heavy atom. The molecule has 0 unspecified atom stereocenters.